The van der Waals surface area contributed by atoms with Crippen molar-refractivity contribution in [3.05, 3.63) is 52.8 Å². The third-order valence-electron chi connectivity index (χ3n) is 4.02. The van der Waals surface area contributed by atoms with Gasteiger partial charge in [-0.2, -0.15) is 4.98 Å². The molecule has 9 heteroatoms. The summed E-state index contributed by atoms with van der Waals surface area (Å²) in [6.45, 7) is 4.68. The third-order valence-corrected chi connectivity index (χ3v) is 5.80. The first-order valence-corrected chi connectivity index (χ1v) is 10.5. The zero-order chi connectivity index (χ0) is 18.8. The number of benzene rings is 1. The van der Waals surface area contributed by atoms with Crippen molar-refractivity contribution in [3.8, 4) is 0 Å². The highest BCUT2D eigenvalue weighted by Gasteiger charge is 2.16. The first kappa shape index (κ1) is 18.0. The van der Waals surface area contributed by atoms with E-state index in [1.54, 1.807) is 16.3 Å². The third kappa shape index (κ3) is 3.98. The van der Waals surface area contributed by atoms with Crippen LogP contribution in [0.5, 0.6) is 0 Å². The molecule has 1 aliphatic rings. The van der Waals surface area contributed by atoms with Gasteiger partial charge in [-0.05, 0) is 31.5 Å². The van der Waals surface area contributed by atoms with Crippen LogP contribution in [-0.4, -0.2) is 43.0 Å². The number of nitrogens with one attached hydrogen (secondary N) is 1. The maximum absolute atomic E-state index is 12.6. The van der Waals surface area contributed by atoms with E-state index in [2.05, 4.69) is 25.4 Å². The van der Waals surface area contributed by atoms with E-state index >= 15 is 0 Å². The molecule has 7 nitrogen and oxygen atoms in total. The number of amidine groups is 1. The van der Waals surface area contributed by atoms with E-state index < -0.39 is 0 Å². The zero-order valence-electron chi connectivity index (χ0n) is 15.0. The number of carbonyl (C=O) groups excluding carboxylic acids is 1. The van der Waals surface area contributed by atoms with Crippen molar-refractivity contribution in [2.45, 2.75) is 24.8 Å². The molecule has 0 aliphatic carbocycles. The monoisotopic (exact) mass is 398 g/mol. The lowest BCUT2D eigenvalue weighted by atomic mass is 10.1. The molecule has 1 amide bonds. The molecule has 0 spiro atoms. The molecule has 0 fully saturated rings. The molecule has 0 saturated carbocycles. The molecule has 2 aromatic heterocycles. The maximum Gasteiger partial charge on any atom is 0.257 e. The Kier molecular flexibility index (Phi) is 5.13. The molecule has 3 aromatic rings. The van der Waals surface area contributed by atoms with E-state index in [9.17, 15) is 4.79 Å². The highest BCUT2D eigenvalue weighted by molar-refractivity contribution is 8.14. The quantitative estimate of drug-likeness (QED) is 0.680. The van der Waals surface area contributed by atoms with Gasteiger partial charge >= 0.3 is 0 Å². The van der Waals surface area contributed by atoms with E-state index in [-0.39, 0.29) is 5.91 Å². The molecule has 0 unspecified atom stereocenters. The number of aromatic nitrogens is 4. The van der Waals surface area contributed by atoms with Gasteiger partial charge < -0.3 is 5.32 Å². The minimum Gasteiger partial charge on any atom is -0.301 e. The van der Waals surface area contributed by atoms with Crippen LogP contribution in [0.4, 0.5) is 0 Å². The average molecular weight is 399 g/mol. The van der Waals surface area contributed by atoms with E-state index in [1.807, 2.05) is 44.2 Å². The summed E-state index contributed by atoms with van der Waals surface area (Å²) in [6, 6.07) is 9.55. The van der Waals surface area contributed by atoms with Crippen molar-refractivity contribution in [1.29, 1.82) is 0 Å². The summed E-state index contributed by atoms with van der Waals surface area (Å²) in [6.07, 6.45) is 0. The van der Waals surface area contributed by atoms with Crippen molar-refractivity contribution in [1.82, 2.24) is 24.9 Å². The summed E-state index contributed by atoms with van der Waals surface area (Å²) in [7, 11) is 0. The highest BCUT2D eigenvalue weighted by Crippen LogP contribution is 2.23. The summed E-state index contributed by atoms with van der Waals surface area (Å²) < 4.78 is 1.74. The van der Waals surface area contributed by atoms with Gasteiger partial charge in [0.2, 0.25) is 5.16 Å². The first-order valence-electron chi connectivity index (χ1n) is 8.50. The summed E-state index contributed by atoms with van der Waals surface area (Å²) in [5.74, 6) is 1.98. The number of nitrogens with zero attached hydrogens (tertiary/aromatic N) is 5. The maximum atomic E-state index is 12.6. The number of amides is 1. The van der Waals surface area contributed by atoms with Gasteiger partial charge in [0.05, 0.1) is 6.54 Å². The second-order valence-electron chi connectivity index (χ2n) is 6.08. The summed E-state index contributed by atoms with van der Waals surface area (Å²) in [4.78, 5) is 25.8. The predicted molar refractivity (Wildman–Crippen MR) is 108 cm³/mol. The Morgan fingerprint density at radius 2 is 2.15 bits per heavy atom. The lowest BCUT2D eigenvalue weighted by Crippen LogP contribution is -2.28. The minimum atomic E-state index is -0.129. The molecule has 1 N–H and O–H groups in total. The fourth-order valence-electron chi connectivity index (χ4n) is 2.79. The number of aryl methyl sites for hydroxylation is 2. The van der Waals surface area contributed by atoms with Crippen molar-refractivity contribution >= 4 is 40.4 Å². The van der Waals surface area contributed by atoms with Crippen molar-refractivity contribution in [2.75, 3.05) is 12.3 Å². The van der Waals surface area contributed by atoms with E-state index in [0.29, 0.717) is 27.4 Å². The lowest BCUT2D eigenvalue weighted by Gasteiger charge is -2.08. The lowest BCUT2D eigenvalue weighted by molar-refractivity contribution is 0.0977. The Balaban J connectivity index is 1.51. The van der Waals surface area contributed by atoms with Gasteiger partial charge in [0.1, 0.15) is 0 Å². The number of carbonyl (C=O) groups is 1. The molecule has 4 rings (SSSR count). The molecule has 1 aromatic carbocycles. The van der Waals surface area contributed by atoms with Crippen LogP contribution in [0.25, 0.3) is 5.78 Å². The van der Waals surface area contributed by atoms with Crippen LogP contribution in [0, 0.1) is 13.8 Å². The molecule has 0 radical (unpaired) electrons. The number of hydrogen-bond donors (Lipinski definition) is 1. The Labute approximate surface area is 165 Å². The molecule has 27 heavy (non-hydrogen) atoms. The predicted octanol–water partition coefficient (Wildman–Crippen LogP) is 2.87. The fraction of sp³-hybridized carbons (Fsp3) is 0.278. The van der Waals surface area contributed by atoms with E-state index in [0.717, 1.165) is 29.2 Å². The summed E-state index contributed by atoms with van der Waals surface area (Å²) in [5.41, 5.74) is 3.49. The molecular weight excluding hydrogens is 380 g/mol. The van der Waals surface area contributed by atoms with E-state index in [4.69, 9.17) is 0 Å². The molecule has 0 atom stereocenters. The van der Waals surface area contributed by atoms with Crippen LogP contribution >= 0.6 is 23.5 Å². The minimum absolute atomic E-state index is 0.129. The average Bonchev–Trinajstić information content (AvgIpc) is 3.29. The zero-order valence-corrected chi connectivity index (χ0v) is 16.6. The van der Waals surface area contributed by atoms with Crippen molar-refractivity contribution < 1.29 is 4.79 Å². The number of rotatable bonds is 4. The molecular formula is C18H18N6OS2. The summed E-state index contributed by atoms with van der Waals surface area (Å²) in [5, 5.41) is 8.73. The first-order chi connectivity index (χ1) is 13.1. The fourth-order valence-corrected chi connectivity index (χ4v) is 4.34. The standard InChI is InChI=1S/C18H18N6OS2/c1-11-9-12(2)24-16(20-11)22-18(23-24)27-10-13-5-3-4-6-14(13)15(25)21-17-19-7-8-26-17/h3-6,9H,7-8,10H2,1-2H3,(H,19,21,25). The van der Waals surface area contributed by atoms with Crippen LogP contribution in [0.1, 0.15) is 27.3 Å². The smallest absolute Gasteiger partial charge is 0.257 e. The SMILES string of the molecule is Cc1cc(C)n2nc(SCc3ccccc3C(=O)NC3=NCCS3)nc2n1. The van der Waals surface area contributed by atoms with Gasteiger partial charge in [-0.3, -0.25) is 9.79 Å². The van der Waals surface area contributed by atoms with Gasteiger partial charge in [-0.25, -0.2) is 9.50 Å². The van der Waals surface area contributed by atoms with Crippen LogP contribution in [0.2, 0.25) is 0 Å². The second kappa shape index (κ2) is 7.69. The highest BCUT2D eigenvalue weighted by atomic mass is 32.2. The van der Waals surface area contributed by atoms with Gasteiger partial charge in [0, 0.05) is 28.5 Å². The van der Waals surface area contributed by atoms with Gasteiger partial charge in [-0.15, -0.1) is 5.10 Å². The Bertz CT molecular complexity index is 1050. The Hall–Kier alpha value is -2.39. The van der Waals surface area contributed by atoms with Crippen molar-refractivity contribution in [2.24, 2.45) is 4.99 Å². The van der Waals surface area contributed by atoms with Crippen LogP contribution < -0.4 is 5.32 Å². The Morgan fingerprint density at radius 1 is 1.30 bits per heavy atom. The molecule has 0 saturated heterocycles. The van der Waals surface area contributed by atoms with Gasteiger partial charge in [0.15, 0.2) is 5.17 Å². The second-order valence-corrected chi connectivity index (χ2v) is 8.11. The largest absolute Gasteiger partial charge is 0.301 e. The van der Waals surface area contributed by atoms with Gasteiger partial charge in [0.25, 0.3) is 11.7 Å². The number of fused-ring (bicyclic) bond motifs is 1. The number of aliphatic imine (C=N–C) groups is 1. The molecule has 1 aliphatic heterocycles. The molecule has 138 valence electrons. The van der Waals surface area contributed by atoms with Crippen LogP contribution in [0.3, 0.4) is 0 Å². The van der Waals surface area contributed by atoms with E-state index in [1.165, 1.54) is 11.8 Å². The number of hydrogen-bond acceptors (Lipinski definition) is 7. The summed E-state index contributed by atoms with van der Waals surface area (Å²) >= 11 is 3.06. The normalized spacial score (nSPS) is 13.8. The topological polar surface area (TPSA) is 84.5 Å². The van der Waals surface area contributed by atoms with Gasteiger partial charge in [-0.1, -0.05) is 41.7 Å². The number of thioether (sulfide) groups is 2. The Morgan fingerprint density at radius 3 is 2.96 bits per heavy atom. The molecule has 3 heterocycles. The molecule has 0 bridgehead atoms. The van der Waals surface area contributed by atoms with Crippen LogP contribution in [-0.2, 0) is 5.75 Å². The van der Waals surface area contributed by atoms with Crippen LogP contribution in [0.15, 0.2) is 40.5 Å². The van der Waals surface area contributed by atoms with Crippen molar-refractivity contribution in [3.63, 3.8) is 0 Å².